The molecule has 3 nitrogen and oxygen atoms in total. The first-order valence-corrected chi connectivity index (χ1v) is 8.03. The normalized spacial score (nSPS) is 10.4. The Bertz CT molecular complexity index is 811. The summed E-state index contributed by atoms with van der Waals surface area (Å²) >= 11 is 0. The number of carbonyl (C=O) groups excluding carboxylic acids is 1. The van der Waals surface area contributed by atoms with E-state index in [1.165, 1.54) is 0 Å². The van der Waals surface area contributed by atoms with E-state index in [0.717, 1.165) is 22.6 Å². The SMILES string of the molecule is CCC(=O)c1cccnc1-c1ccc(OCc2ccccc2)cc1. The van der Waals surface area contributed by atoms with E-state index in [0.29, 0.717) is 18.6 Å². The number of Topliss-reactive ketones (excluding diaryl/α,β-unsaturated/α-hetero) is 1. The van der Waals surface area contributed by atoms with Crippen LogP contribution < -0.4 is 4.74 Å². The van der Waals surface area contributed by atoms with Crippen LogP contribution in [0.15, 0.2) is 72.9 Å². The van der Waals surface area contributed by atoms with Gasteiger partial charge in [-0.3, -0.25) is 9.78 Å². The van der Waals surface area contributed by atoms with E-state index < -0.39 is 0 Å². The van der Waals surface area contributed by atoms with Gasteiger partial charge in [-0.1, -0.05) is 37.3 Å². The number of pyridine rings is 1. The van der Waals surface area contributed by atoms with Gasteiger partial charge in [-0.25, -0.2) is 0 Å². The molecule has 0 aliphatic carbocycles. The molecule has 1 aromatic heterocycles. The fourth-order valence-electron chi connectivity index (χ4n) is 2.50. The Morgan fingerprint density at radius 1 is 0.958 bits per heavy atom. The number of ketones is 1. The van der Waals surface area contributed by atoms with Gasteiger partial charge in [-0.2, -0.15) is 0 Å². The van der Waals surface area contributed by atoms with Crippen LogP contribution in [-0.2, 0) is 6.61 Å². The monoisotopic (exact) mass is 317 g/mol. The van der Waals surface area contributed by atoms with Crippen LogP contribution in [0.1, 0.15) is 29.3 Å². The Morgan fingerprint density at radius 3 is 2.42 bits per heavy atom. The van der Waals surface area contributed by atoms with Crippen LogP contribution in [-0.4, -0.2) is 10.8 Å². The van der Waals surface area contributed by atoms with Gasteiger partial charge >= 0.3 is 0 Å². The van der Waals surface area contributed by atoms with E-state index in [9.17, 15) is 4.79 Å². The van der Waals surface area contributed by atoms with Crippen LogP contribution in [0.4, 0.5) is 0 Å². The second kappa shape index (κ2) is 7.55. The van der Waals surface area contributed by atoms with Crippen LogP contribution in [0, 0.1) is 0 Å². The molecule has 24 heavy (non-hydrogen) atoms. The summed E-state index contributed by atoms with van der Waals surface area (Å²) in [5.74, 6) is 0.893. The summed E-state index contributed by atoms with van der Waals surface area (Å²) in [7, 11) is 0. The van der Waals surface area contributed by atoms with E-state index in [1.807, 2.05) is 67.6 Å². The standard InChI is InChI=1S/C21H19NO2/c1-2-20(23)19-9-6-14-22-21(19)17-10-12-18(13-11-17)24-15-16-7-4-3-5-8-16/h3-14H,2,15H2,1H3. The first kappa shape index (κ1) is 15.9. The van der Waals surface area contributed by atoms with Gasteiger partial charge in [0.15, 0.2) is 5.78 Å². The summed E-state index contributed by atoms with van der Waals surface area (Å²) in [6.45, 7) is 2.39. The van der Waals surface area contributed by atoms with E-state index in [2.05, 4.69) is 4.98 Å². The molecule has 0 saturated carbocycles. The Hall–Kier alpha value is -2.94. The molecule has 0 aliphatic heterocycles. The molecule has 0 atom stereocenters. The lowest BCUT2D eigenvalue weighted by Crippen LogP contribution is -2.01. The third kappa shape index (κ3) is 3.69. The third-order valence-corrected chi connectivity index (χ3v) is 3.81. The molecule has 3 rings (SSSR count). The summed E-state index contributed by atoms with van der Waals surface area (Å²) in [4.78, 5) is 16.4. The Balaban J connectivity index is 1.77. The van der Waals surface area contributed by atoms with Crippen molar-refractivity contribution in [3.05, 3.63) is 84.1 Å². The highest BCUT2D eigenvalue weighted by atomic mass is 16.5. The molecular weight excluding hydrogens is 298 g/mol. The molecule has 0 spiro atoms. The van der Waals surface area contributed by atoms with Crippen LogP contribution in [0.2, 0.25) is 0 Å². The number of carbonyl (C=O) groups is 1. The fourth-order valence-corrected chi connectivity index (χ4v) is 2.50. The lowest BCUT2D eigenvalue weighted by Gasteiger charge is -2.09. The molecule has 2 aromatic carbocycles. The van der Waals surface area contributed by atoms with Crippen molar-refractivity contribution in [3.8, 4) is 17.0 Å². The van der Waals surface area contributed by atoms with E-state index in [4.69, 9.17) is 4.74 Å². The highest BCUT2D eigenvalue weighted by molar-refractivity contribution is 6.01. The van der Waals surface area contributed by atoms with E-state index in [-0.39, 0.29) is 5.78 Å². The molecule has 0 saturated heterocycles. The van der Waals surface area contributed by atoms with Crippen molar-refractivity contribution in [2.24, 2.45) is 0 Å². The quantitative estimate of drug-likeness (QED) is 0.606. The summed E-state index contributed by atoms with van der Waals surface area (Å²) in [5.41, 5.74) is 3.43. The average Bonchev–Trinajstić information content (AvgIpc) is 2.67. The maximum absolute atomic E-state index is 12.1. The molecule has 0 fully saturated rings. The zero-order valence-electron chi connectivity index (χ0n) is 13.6. The van der Waals surface area contributed by atoms with Crippen LogP contribution in [0.3, 0.4) is 0 Å². The Kier molecular flexibility index (Phi) is 5.02. The van der Waals surface area contributed by atoms with Crippen molar-refractivity contribution >= 4 is 5.78 Å². The number of rotatable bonds is 6. The molecule has 0 N–H and O–H groups in total. The van der Waals surface area contributed by atoms with Crippen LogP contribution in [0.25, 0.3) is 11.3 Å². The molecule has 120 valence electrons. The number of benzene rings is 2. The highest BCUT2D eigenvalue weighted by Crippen LogP contribution is 2.25. The lowest BCUT2D eigenvalue weighted by atomic mass is 10.0. The van der Waals surface area contributed by atoms with Gasteiger partial charge in [-0.15, -0.1) is 0 Å². The smallest absolute Gasteiger partial charge is 0.164 e. The zero-order valence-corrected chi connectivity index (χ0v) is 13.6. The number of aromatic nitrogens is 1. The van der Waals surface area contributed by atoms with Crippen molar-refractivity contribution < 1.29 is 9.53 Å². The van der Waals surface area contributed by atoms with Crippen molar-refractivity contribution in [3.63, 3.8) is 0 Å². The summed E-state index contributed by atoms with van der Waals surface area (Å²) in [6.07, 6.45) is 2.18. The predicted octanol–water partition coefficient (Wildman–Crippen LogP) is 4.92. The summed E-state index contributed by atoms with van der Waals surface area (Å²) < 4.78 is 5.79. The van der Waals surface area contributed by atoms with Crippen LogP contribution >= 0.6 is 0 Å². The van der Waals surface area contributed by atoms with Crippen molar-refractivity contribution in [2.45, 2.75) is 20.0 Å². The Labute approximate surface area is 142 Å². The van der Waals surface area contributed by atoms with Gasteiger partial charge < -0.3 is 4.74 Å². The molecule has 0 aliphatic rings. The third-order valence-electron chi connectivity index (χ3n) is 3.81. The van der Waals surface area contributed by atoms with Gasteiger partial charge in [0.25, 0.3) is 0 Å². The van der Waals surface area contributed by atoms with Gasteiger partial charge in [0, 0.05) is 23.7 Å². The number of nitrogens with zero attached hydrogens (tertiary/aromatic N) is 1. The summed E-state index contributed by atoms with van der Waals surface area (Å²) in [5, 5.41) is 0. The summed E-state index contributed by atoms with van der Waals surface area (Å²) in [6, 6.07) is 21.4. The Morgan fingerprint density at radius 2 is 1.71 bits per heavy atom. The number of ether oxygens (including phenoxy) is 1. The molecule has 3 aromatic rings. The molecule has 0 amide bonds. The van der Waals surface area contributed by atoms with Gasteiger partial charge in [0.1, 0.15) is 12.4 Å². The lowest BCUT2D eigenvalue weighted by molar-refractivity contribution is 0.0988. The van der Waals surface area contributed by atoms with Crippen molar-refractivity contribution in [1.82, 2.24) is 4.98 Å². The minimum atomic E-state index is 0.0995. The second-order valence-electron chi connectivity index (χ2n) is 5.47. The van der Waals surface area contributed by atoms with Crippen molar-refractivity contribution in [1.29, 1.82) is 0 Å². The molecule has 3 heteroatoms. The molecule has 0 radical (unpaired) electrons. The first-order chi connectivity index (χ1) is 11.8. The van der Waals surface area contributed by atoms with E-state index in [1.54, 1.807) is 12.3 Å². The molecule has 1 heterocycles. The molecule has 0 unspecified atom stereocenters. The molecule has 0 bridgehead atoms. The maximum Gasteiger partial charge on any atom is 0.164 e. The predicted molar refractivity (Wildman–Crippen MR) is 95.1 cm³/mol. The fraction of sp³-hybridized carbons (Fsp3) is 0.143. The largest absolute Gasteiger partial charge is 0.489 e. The number of hydrogen-bond acceptors (Lipinski definition) is 3. The van der Waals surface area contributed by atoms with Gasteiger partial charge in [0.2, 0.25) is 0 Å². The average molecular weight is 317 g/mol. The minimum absolute atomic E-state index is 0.0995. The second-order valence-corrected chi connectivity index (χ2v) is 5.47. The number of hydrogen-bond donors (Lipinski definition) is 0. The van der Waals surface area contributed by atoms with E-state index >= 15 is 0 Å². The van der Waals surface area contributed by atoms with Crippen LogP contribution in [0.5, 0.6) is 5.75 Å². The first-order valence-electron chi connectivity index (χ1n) is 8.03. The topological polar surface area (TPSA) is 39.2 Å². The van der Waals surface area contributed by atoms with Crippen molar-refractivity contribution in [2.75, 3.05) is 0 Å². The minimum Gasteiger partial charge on any atom is -0.489 e. The van der Waals surface area contributed by atoms with Gasteiger partial charge in [0.05, 0.1) is 5.69 Å². The molecular formula is C21H19NO2. The maximum atomic E-state index is 12.1. The zero-order chi connectivity index (χ0) is 16.8. The highest BCUT2D eigenvalue weighted by Gasteiger charge is 2.12. The van der Waals surface area contributed by atoms with Gasteiger partial charge in [-0.05, 0) is 42.0 Å².